The largest absolute Gasteiger partial charge is 0.464 e. The van der Waals surface area contributed by atoms with Gasteiger partial charge in [0.1, 0.15) is 11.8 Å². The number of halogens is 1. The van der Waals surface area contributed by atoms with Crippen LogP contribution < -0.4 is 0 Å². The van der Waals surface area contributed by atoms with Crippen LogP contribution in [0.1, 0.15) is 21.7 Å². The second kappa shape index (κ2) is 6.29. The van der Waals surface area contributed by atoms with E-state index in [1.807, 2.05) is 12.1 Å². The molecule has 2 aromatic rings. The van der Waals surface area contributed by atoms with Gasteiger partial charge in [-0.25, -0.2) is 4.79 Å². The Labute approximate surface area is 127 Å². The summed E-state index contributed by atoms with van der Waals surface area (Å²) in [5.41, 5.74) is 2.35. The zero-order valence-electron chi connectivity index (χ0n) is 11.6. The van der Waals surface area contributed by atoms with Gasteiger partial charge in [0, 0.05) is 12.1 Å². The quantitative estimate of drug-likeness (QED) is 0.643. The molecule has 0 saturated heterocycles. The summed E-state index contributed by atoms with van der Waals surface area (Å²) < 4.78 is 6.33. The number of carbonyl (C=O) groups excluding carboxylic acids is 1. The molecule has 0 fully saturated rings. The predicted molar refractivity (Wildman–Crippen MR) is 81.7 cm³/mol. The molecule has 0 aliphatic carbocycles. The van der Waals surface area contributed by atoms with Gasteiger partial charge in [-0.2, -0.15) is 5.26 Å². The SMILES string of the molecule is COC(=O)c1ccc(C(C#N)=Cc2ccc(Cl)cc2)n1C. The van der Waals surface area contributed by atoms with Crippen molar-refractivity contribution in [2.45, 2.75) is 0 Å². The Morgan fingerprint density at radius 3 is 2.43 bits per heavy atom. The number of benzene rings is 1. The first-order chi connectivity index (χ1) is 10.1. The molecule has 4 nitrogen and oxygen atoms in total. The molecule has 1 aromatic carbocycles. The summed E-state index contributed by atoms with van der Waals surface area (Å²) >= 11 is 5.84. The molecule has 0 unspecified atom stereocenters. The Kier molecular flexibility index (Phi) is 4.46. The number of allylic oxidation sites excluding steroid dienone is 1. The molecule has 0 spiro atoms. The number of hydrogen-bond acceptors (Lipinski definition) is 3. The van der Waals surface area contributed by atoms with Crippen LogP contribution in [0.3, 0.4) is 0 Å². The van der Waals surface area contributed by atoms with E-state index in [2.05, 4.69) is 6.07 Å². The second-order valence-electron chi connectivity index (χ2n) is 4.38. The van der Waals surface area contributed by atoms with E-state index in [4.69, 9.17) is 16.3 Å². The fraction of sp³-hybridized carbons (Fsp3) is 0.125. The normalized spacial score (nSPS) is 11.0. The molecule has 0 N–H and O–H groups in total. The van der Waals surface area contributed by atoms with Crippen LogP contribution in [-0.2, 0) is 11.8 Å². The molecule has 2 rings (SSSR count). The minimum atomic E-state index is -0.437. The number of hydrogen-bond donors (Lipinski definition) is 0. The maximum Gasteiger partial charge on any atom is 0.354 e. The molecule has 0 aliphatic rings. The zero-order chi connectivity index (χ0) is 15.4. The Morgan fingerprint density at radius 1 is 1.24 bits per heavy atom. The van der Waals surface area contributed by atoms with E-state index in [9.17, 15) is 10.1 Å². The van der Waals surface area contributed by atoms with E-state index in [0.29, 0.717) is 22.0 Å². The molecule has 1 aromatic heterocycles. The van der Waals surface area contributed by atoms with Gasteiger partial charge >= 0.3 is 5.97 Å². The summed E-state index contributed by atoms with van der Waals surface area (Å²) in [5.74, 6) is -0.437. The van der Waals surface area contributed by atoms with E-state index < -0.39 is 5.97 Å². The second-order valence-corrected chi connectivity index (χ2v) is 4.81. The Hall–Kier alpha value is -2.51. The third-order valence-corrected chi connectivity index (χ3v) is 3.35. The average molecular weight is 301 g/mol. The highest BCUT2D eigenvalue weighted by Gasteiger charge is 2.15. The van der Waals surface area contributed by atoms with Crippen molar-refractivity contribution in [2.75, 3.05) is 7.11 Å². The lowest BCUT2D eigenvalue weighted by molar-refractivity contribution is 0.0590. The highest BCUT2D eigenvalue weighted by atomic mass is 35.5. The Bertz CT molecular complexity index is 737. The van der Waals surface area contributed by atoms with Crippen molar-refractivity contribution in [2.24, 2.45) is 7.05 Å². The van der Waals surface area contributed by atoms with Crippen LogP contribution in [0.4, 0.5) is 0 Å². The maximum absolute atomic E-state index is 11.6. The minimum absolute atomic E-state index is 0.393. The van der Waals surface area contributed by atoms with Crippen molar-refractivity contribution >= 4 is 29.2 Å². The van der Waals surface area contributed by atoms with Gasteiger partial charge in [0.15, 0.2) is 0 Å². The first-order valence-electron chi connectivity index (χ1n) is 6.18. The molecular formula is C16H13ClN2O2. The number of methoxy groups -OCH3 is 1. The minimum Gasteiger partial charge on any atom is -0.464 e. The van der Waals surface area contributed by atoms with Crippen LogP contribution >= 0.6 is 11.6 Å². The molecule has 5 heteroatoms. The molecule has 21 heavy (non-hydrogen) atoms. The van der Waals surface area contributed by atoms with Crippen molar-refractivity contribution < 1.29 is 9.53 Å². The van der Waals surface area contributed by atoms with Crippen LogP contribution in [0.5, 0.6) is 0 Å². The highest BCUT2D eigenvalue weighted by Crippen LogP contribution is 2.21. The van der Waals surface area contributed by atoms with Crippen molar-refractivity contribution in [3.05, 3.63) is 58.4 Å². The topological polar surface area (TPSA) is 55.0 Å². The van der Waals surface area contributed by atoms with Gasteiger partial charge in [-0.3, -0.25) is 0 Å². The molecule has 0 atom stereocenters. The molecule has 1 heterocycles. The summed E-state index contributed by atoms with van der Waals surface area (Å²) in [7, 11) is 3.04. The smallest absolute Gasteiger partial charge is 0.354 e. The van der Waals surface area contributed by atoms with Gasteiger partial charge in [-0.1, -0.05) is 23.7 Å². The van der Waals surface area contributed by atoms with Gasteiger partial charge in [-0.15, -0.1) is 0 Å². The number of ether oxygens (including phenoxy) is 1. The van der Waals surface area contributed by atoms with Crippen LogP contribution in [-0.4, -0.2) is 17.6 Å². The summed E-state index contributed by atoms with van der Waals surface area (Å²) in [4.78, 5) is 11.6. The predicted octanol–water partition coefficient (Wildman–Crippen LogP) is 3.53. The fourth-order valence-electron chi connectivity index (χ4n) is 1.98. The van der Waals surface area contributed by atoms with Gasteiger partial charge in [0.05, 0.1) is 18.4 Å². The standard InChI is InChI=1S/C16H13ClN2O2/c1-19-14(7-8-15(19)16(20)21-2)12(10-18)9-11-3-5-13(17)6-4-11/h3-9H,1-2H3. The van der Waals surface area contributed by atoms with Crippen molar-refractivity contribution in [1.82, 2.24) is 4.57 Å². The summed E-state index contributed by atoms with van der Waals surface area (Å²) in [6.07, 6.45) is 1.74. The lowest BCUT2D eigenvalue weighted by atomic mass is 10.1. The molecule has 106 valence electrons. The molecule has 0 saturated carbocycles. The molecule has 0 aliphatic heterocycles. The Morgan fingerprint density at radius 2 is 1.86 bits per heavy atom. The summed E-state index contributed by atoms with van der Waals surface area (Å²) in [6.45, 7) is 0. The van der Waals surface area contributed by atoms with Gasteiger partial charge < -0.3 is 9.30 Å². The molecule has 0 radical (unpaired) electrons. The van der Waals surface area contributed by atoms with E-state index in [1.54, 1.807) is 42.0 Å². The fourth-order valence-corrected chi connectivity index (χ4v) is 2.11. The third-order valence-electron chi connectivity index (χ3n) is 3.09. The summed E-state index contributed by atoms with van der Waals surface area (Å²) in [5, 5.41) is 9.99. The number of aromatic nitrogens is 1. The van der Waals surface area contributed by atoms with Gasteiger partial charge in [0.2, 0.25) is 0 Å². The van der Waals surface area contributed by atoms with Gasteiger partial charge in [-0.05, 0) is 35.9 Å². The third kappa shape index (κ3) is 3.15. The van der Waals surface area contributed by atoms with Crippen LogP contribution in [0.15, 0.2) is 36.4 Å². The molecule has 0 amide bonds. The van der Waals surface area contributed by atoms with Crippen molar-refractivity contribution in [1.29, 1.82) is 5.26 Å². The zero-order valence-corrected chi connectivity index (χ0v) is 12.4. The number of nitrogens with zero attached hydrogens (tertiary/aromatic N) is 2. The average Bonchev–Trinajstić information content (AvgIpc) is 2.87. The van der Waals surface area contributed by atoms with E-state index in [0.717, 1.165) is 5.56 Å². The van der Waals surface area contributed by atoms with Crippen LogP contribution in [0.2, 0.25) is 5.02 Å². The maximum atomic E-state index is 11.6. The molecular weight excluding hydrogens is 288 g/mol. The number of rotatable bonds is 3. The Balaban J connectivity index is 2.43. The lowest BCUT2D eigenvalue weighted by Gasteiger charge is -2.05. The lowest BCUT2D eigenvalue weighted by Crippen LogP contribution is -2.08. The number of carbonyl (C=O) groups is 1. The van der Waals surface area contributed by atoms with Crippen LogP contribution in [0.25, 0.3) is 11.6 Å². The number of esters is 1. The molecule has 0 bridgehead atoms. The van der Waals surface area contributed by atoms with E-state index in [1.165, 1.54) is 7.11 Å². The van der Waals surface area contributed by atoms with Crippen LogP contribution in [0, 0.1) is 11.3 Å². The first-order valence-corrected chi connectivity index (χ1v) is 6.56. The number of nitriles is 1. The van der Waals surface area contributed by atoms with Crippen molar-refractivity contribution in [3.8, 4) is 6.07 Å². The van der Waals surface area contributed by atoms with E-state index >= 15 is 0 Å². The van der Waals surface area contributed by atoms with Crippen molar-refractivity contribution in [3.63, 3.8) is 0 Å². The first kappa shape index (κ1) is 14.9. The summed E-state index contributed by atoms with van der Waals surface area (Å²) in [6, 6.07) is 12.7. The van der Waals surface area contributed by atoms with E-state index in [-0.39, 0.29) is 0 Å². The highest BCUT2D eigenvalue weighted by molar-refractivity contribution is 6.30. The monoisotopic (exact) mass is 300 g/mol. The van der Waals surface area contributed by atoms with Gasteiger partial charge in [0.25, 0.3) is 0 Å².